The van der Waals surface area contributed by atoms with Crippen LogP contribution in [0.4, 0.5) is 11.5 Å². The van der Waals surface area contributed by atoms with Crippen LogP contribution in [0.2, 0.25) is 0 Å². The summed E-state index contributed by atoms with van der Waals surface area (Å²) in [6.45, 7) is 5.61. The Morgan fingerprint density at radius 2 is 1.94 bits per heavy atom. The van der Waals surface area contributed by atoms with E-state index in [-0.39, 0.29) is 5.41 Å². The zero-order valence-electron chi connectivity index (χ0n) is 19.0. The lowest BCUT2D eigenvalue weighted by Gasteiger charge is -2.40. The smallest absolute Gasteiger partial charge is 0.135 e. The average Bonchev–Trinajstić information content (AvgIpc) is 3.35. The van der Waals surface area contributed by atoms with Crippen molar-refractivity contribution in [1.82, 2.24) is 9.97 Å². The molecule has 3 aliphatic rings. The molecule has 0 radical (unpaired) electrons. The fourth-order valence-corrected chi connectivity index (χ4v) is 5.85. The van der Waals surface area contributed by atoms with Crippen molar-refractivity contribution in [3.63, 3.8) is 0 Å². The number of benzene rings is 2. The van der Waals surface area contributed by atoms with E-state index in [1.165, 1.54) is 16.8 Å². The number of nitrogens with zero attached hydrogens (tertiary/aromatic N) is 3. The van der Waals surface area contributed by atoms with Crippen LogP contribution in [0.15, 0.2) is 54.9 Å². The van der Waals surface area contributed by atoms with E-state index in [1.807, 2.05) is 18.2 Å². The van der Waals surface area contributed by atoms with E-state index in [0.717, 1.165) is 61.7 Å². The van der Waals surface area contributed by atoms with Crippen LogP contribution in [0.25, 0.3) is 0 Å². The van der Waals surface area contributed by atoms with E-state index >= 15 is 0 Å². The van der Waals surface area contributed by atoms with E-state index in [0.29, 0.717) is 12.5 Å². The number of fused-ring (bicyclic) bond motifs is 3. The number of anilines is 2. The van der Waals surface area contributed by atoms with Gasteiger partial charge < -0.3 is 20.1 Å². The Balaban J connectivity index is 1.20. The van der Waals surface area contributed by atoms with E-state index in [4.69, 9.17) is 4.74 Å². The summed E-state index contributed by atoms with van der Waals surface area (Å²) in [6, 6.07) is 16.8. The highest BCUT2D eigenvalue weighted by Crippen LogP contribution is 2.48. The molecule has 33 heavy (non-hydrogen) atoms. The number of rotatable bonds is 4. The Labute approximate surface area is 194 Å². The van der Waals surface area contributed by atoms with E-state index < -0.39 is 6.10 Å². The van der Waals surface area contributed by atoms with Crippen LogP contribution in [0, 0.1) is 0 Å². The largest absolute Gasteiger partial charge is 0.489 e. The number of hydrogen-bond acceptors (Lipinski definition) is 6. The first kappa shape index (κ1) is 20.5. The molecule has 3 heterocycles. The Morgan fingerprint density at radius 1 is 1.12 bits per heavy atom. The zero-order valence-corrected chi connectivity index (χ0v) is 19.0. The topological polar surface area (TPSA) is 70.5 Å². The number of aliphatic hydroxyl groups is 1. The third-order valence-electron chi connectivity index (χ3n) is 7.73. The summed E-state index contributed by atoms with van der Waals surface area (Å²) >= 11 is 0. The number of aliphatic hydroxyl groups excluding tert-OH is 1. The van der Waals surface area contributed by atoms with E-state index in [1.54, 1.807) is 6.33 Å². The monoisotopic (exact) mass is 442 g/mol. The lowest BCUT2D eigenvalue weighted by molar-refractivity contribution is 0.170. The highest BCUT2D eigenvalue weighted by Gasteiger charge is 2.43. The predicted molar refractivity (Wildman–Crippen MR) is 129 cm³/mol. The first-order valence-electron chi connectivity index (χ1n) is 12.0. The molecule has 0 bridgehead atoms. The molecule has 2 N–H and O–H groups in total. The maximum atomic E-state index is 10.4. The minimum atomic E-state index is -0.465. The van der Waals surface area contributed by atoms with Crippen LogP contribution in [-0.2, 0) is 12.0 Å². The first-order valence-corrected chi connectivity index (χ1v) is 12.0. The summed E-state index contributed by atoms with van der Waals surface area (Å²) in [6.07, 6.45) is 4.01. The quantitative estimate of drug-likeness (QED) is 0.617. The molecule has 3 aromatic rings. The zero-order chi connectivity index (χ0) is 22.4. The third-order valence-corrected chi connectivity index (χ3v) is 7.73. The van der Waals surface area contributed by atoms with Crippen molar-refractivity contribution in [3.8, 4) is 5.75 Å². The summed E-state index contributed by atoms with van der Waals surface area (Å²) < 4.78 is 6.14. The van der Waals surface area contributed by atoms with Gasteiger partial charge in [0.15, 0.2) is 0 Å². The second-order valence-corrected chi connectivity index (χ2v) is 9.75. The molecule has 0 amide bonds. The molecule has 170 valence electrons. The van der Waals surface area contributed by atoms with Gasteiger partial charge in [0.25, 0.3) is 0 Å². The Hall–Kier alpha value is -3.12. The van der Waals surface area contributed by atoms with Crippen molar-refractivity contribution < 1.29 is 9.84 Å². The maximum absolute atomic E-state index is 10.4. The van der Waals surface area contributed by atoms with Crippen molar-refractivity contribution in [2.75, 3.05) is 29.9 Å². The van der Waals surface area contributed by atoms with Gasteiger partial charge in [-0.25, -0.2) is 9.97 Å². The van der Waals surface area contributed by atoms with E-state index in [9.17, 15) is 5.11 Å². The minimum Gasteiger partial charge on any atom is -0.489 e. The van der Waals surface area contributed by atoms with Crippen molar-refractivity contribution >= 4 is 11.5 Å². The number of aromatic nitrogens is 2. The van der Waals surface area contributed by atoms with Gasteiger partial charge in [0.2, 0.25) is 0 Å². The van der Waals surface area contributed by atoms with Crippen LogP contribution in [0.1, 0.15) is 60.6 Å². The minimum absolute atomic E-state index is 0.124. The molecule has 1 aliphatic carbocycles. The van der Waals surface area contributed by atoms with Gasteiger partial charge in [-0.15, -0.1) is 0 Å². The Morgan fingerprint density at radius 3 is 2.76 bits per heavy atom. The highest BCUT2D eigenvalue weighted by atomic mass is 16.5. The first-order chi connectivity index (χ1) is 16.1. The van der Waals surface area contributed by atoms with Gasteiger partial charge in [-0.1, -0.05) is 37.3 Å². The van der Waals surface area contributed by atoms with Gasteiger partial charge in [-0.3, -0.25) is 0 Å². The summed E-state index contributed by atoms with van der Waals surface area (Å²) in [5.41, 5.74) is 5.87. The standard InChI is InChI=1S/C27H30N4O2/c1-18-13-23(32)25-24(18)26(30-17-29-25)31-11-9-27(10-12-31)16-28-22-8-7-20(14-21(22)27)33-15-19-5-3-2-4-6-19/h2-8,14,17-18,23,28,32H,9-13,15-16H2,1H3/t18-,23-/m1/s1. The molecule has 6 heteroatoms. The van der Waals surface area contributed by atoms with Crippen LogP contribution in [0.3, 0.4) is 0 Å². The molecule has 1 aromatic heterocycles. The average molecular weight is 443 g/mol. The Bertz CT molecular complexity index is 1160. The van der Waals surface area contributed by atoms with Gasteiger partial charge in [-0.2, -0.15) is 0 Å². The van der Waals surface area contributed by atoms with Crippen molar-refractivity contribution in [3.05, 3.63) is 77.2 Å². The summed E-state index contributed by atoms with van der Waals surface area (Å²) in [5.74, 6) is 2.24. The fourth-order valence-electron chi connectivity index (χ4n) is 5.85. The third kappa shape index (κ3) is 3.53. The molecular formula is C27H30N4O2. The van der Waals surface area contributed by atoms with Crippen LogP contribution < -0.4 is 15.0 Å². The number of ether oxygens (including phenoxy) is 1. The molecule has 1 saturated heterocycles. The lowest BCUT2D eigenvalue weighted by Crippen LogP contribution is -2.44. The van der Waals surface area contributed by atoms with Gasteiger partial charge in [-0.05, 0) is 54.5 Å². The molecule has 0 unspecified atom stereocenters. The molecule has 2 aliphatic heterocycles. The molecule has 2 aromatic carbocycles. The second-order valence-electron chi connectivity index (χ2n) is 9.75. The van der Waals surface area contributed by atoms with Crippen molar-refractivity contribution in [2.24, 2.45) is 0 Å². The lowest BCUT2D eigenvalue weighted by atomic mass is 9.74. The molecule has 0 saturated carbocycles. The van der Waals surface area contributed by atoms with Crippen LogP contribution in [-0.4, -0.2) is 34.7 Å². The number of nitrogens with one attached hydrogen (secondary N) is 1. The maximum Gasteiger partial charge on any atom is 0.135 e. The molecule has 6 rings (SSSR count). The molecule has 2 atom stereocenters. The molecular weight excluding hydrogens is 412 g/mol. The summed E-state index contributed by atoms with van der Waals surface area (Å²) in [7, 11) is 0. The van der Waals surface area contributed by atoms with E-state index in [2.05, 4.69) is 57.4 Å². The highest BCUT2D eigenvalue weighted by molar-refractivity contribution is 5.63. The Kier molecular flexibility index (Phi) is 4.98. The van der Waals surface area contributed by atoms with Crippen molar-refractivity contribution in [1.29, 1.82) is 0 Å². The number of hydrogen-bond donors (Lipinski definition) is 2. The van der Waals surface area contributed by atoms with Crippen LogP contribution in [0.5, 0.6) is 5.75 Å². The van der Waals surface area contributed by atoms with Gasteiger partial charge in [0, 0.05) is 36.3 Å². The van der Waals surface area contributed by atoms with Gasteiger partial charge >= 0.3 is 0 Å². The predicted octanol–water partition coefficient (Wildman–Crippen LogP) is 4.56. The fraction of sp³-hybridized carbons (Fsp3) is 0.407. The molecule has 1 spiro atoms. The number of piperidine rings is 1. The van der Waals surface area contributed by atoms with Gasteiger partial charge in [0.05, 0.1) is 11.8 Å². The summed E-state index contributed by atoms with van der Waals surface area (Å²) in [5, 5.41) is 14.0. The summed E-state index contributed by atoms with van der Waals surface area (Å²) in [4.78, 5) is 11.4. The van der Waals surface area contributed by atoms with Gasteiger partial charge in [0.1, 0.15) is 24.5 Å². The molecule has 6 nitrogen and oxygen atoms in total. The molecule has 1 fully saturated rings. The second kappa shape index (κ2) is 8.03. The SMILES string of the molecule is C[C@@H]1C[C@@H](O)c2ncnc(N3CCC4(CC3)CNc3ccc(OCc5ccccc5)cc34)c21. The normalized spacial score (nSPS) is 22.7. The van der Waals surface area contributed by atoms with Crippen molar-refractivity contribution in [2.45, 2.75) is 50.2 Å². The van der Waals surface area contributed by atoms with Crippen LogP contribution >= 0.6 is 0 Å².